The van der Waals surface area contributed by atoms with Gasteiger partial charge in [0.1, 0.15) is 0 Å². The summed E-state index contributed by atoms with van der Waals surface area (Å²) in [5.74, 6) is 2.95. The molecule has 0 amide bonds. The lowest BCUT2D eigenvalue weighted by Crippen LogP contribution is -2.49. The van der Waals surface area contributed by atoms with E-state index < -0.39 is 0 Å². The number of piperazine rings is 1. The van der Waals surface area contributed by atoms with E-state index in [1.807, 2.05) is 13.8 Å². The molecule has 0 bridgehead atoms. The molecule has 3 nitrogen and oxygen atoms in total. The maximum Gasteiger partial charge on any atom is 0.0110 e. The van der Waals surface area contributed by atoms with Crippen LogP contribution in [0.5, 0.6) is 0 Å². The second-order valence-corrected chi connectivity index (χ2v) is 8.47. The van der Waals surface area contributed by atoms with Gasteiger partial charge in [0.05, 0.1) is 0 Å². The molecule has 3 fully saturated rings. The van der Waals surface area contributed by atoms with Crippen LogP contribution in [0.3, 0.4) is 0 Å². The van der Waals surface area contributed by atoms with E-state index in [2.05, 4.69) is 28.7 Å². The van der Waals surface area contributed by atoms with Crippen LogP contribution in [0.15, 0.2) is 0 Å². The van der Waals surface area contributed by atoms with Crippen LogP contribution in [0, 0.1) is 17.8 Å². The van der Waals surface area contributed by atoms with Gasteiger partial charge in [-0.1, -0.05) is 33.6 Å². The van der Waals surface area contributed by atoms with Gasteiger partial charge in [-0.25, -0.2) is 0 Å². The second-order valence-electron chi connectivity index (χ2n) is 8.47. The number of hydrogen-bond acceptors (Lipinski definition) is 3. The Hall–Kier alpha value is -0.120. The van der Waals surface area contributed by atoms with E-state index >= 15 is 0 Å². The topological polar surface area (TPSA) is 9.72 Å². The lowest BCUT2D eigenvalue weighted by Gasteiger charge is -2.40. The Kier molecular flexibility index (Phi) is 9.07. The molecular weight excluding hydrogens is 294 g/mol. The van der Waals surface area contributed by atoms with Crippen molar-refractivity contribution in [3.05, 3.63) is 0 Å². The van der Waals surface area contributed by atoms with Crippen molar-refractivity contribution in [3.8, 4) is 0 Å². The third-order valence-electron chi connectivity index (χ3n) is 6.47. The minimum Gasteiger partial charge on any atom is -0.306 e. The molecule has 2 aliphatic heterocycles. The Morgan fingerprint density at radius 2 is 1.04 bits per heavy atom. The van der Waals surface area contributed by atoms with Crippen molar-refractivity contribution < 1.29 is 0 Å². The third-order valence-corrected chi connectivity index (χ3v) is 6.47. The maximum atomic E-state index is 2.76. The summed E-state index contributed by atoms with van der Waals surface area (Å²) in [5, 5.41) is 0. The van der Waals surface area contributed by atoms with E-state index in [-0.39, 0.29) is 0 Å². The van der Waals surface area contributed by atoms with Gasteiger partial charge >= 0.3 is 0 Å². The first-order chi connectivity index (χ1) is 11.7. The molecule has 1 saturated carbocycles. The Morgan fingerprint density at radius 1 is 0.625 bits per heavy atom. The fourth-order valence-corrected chi connectivity index (χ4v) is 4.64. The predicted molar refractivity (Wildman–Crippen MR) is 106 cm³/mol. The van der Waals surface area contributed by atoms with Crippen LogP contribution in [-0.4, -0.2) is 74.1 Å². The van der Waals surface area contributed by atoms with Crippen molar-refractivity contribution >= 4 is 0 Å². The lowest BCUT2D eigenvalue weighted by molar-refractivity contribution is 0.0840. The smallest absolute Gasteiger partial charge is 0.0110 e. The van der Waals surface area contributed by atoms with Crippen LogP contribution in [-0.2, 0) is 0 Å². The fraction of sp³-hybridized carbons (Fsp3) is 1.00. The van der Waals surface area contributed by atoms with Crippen LogP contribution in [0.2, 0.25) is 0 Å². The number of piperidine rings is 1. The van der Waals surface area contributed by atoms with Crippen molar-refractivity contribution in [2.24, 2.45) is 17.8 Å². The summed E-state index contributed by atoms with van der Waals surface area (Å²) >= 11 is 0. The number of likely N-dealkylation sites (tertiary alicyclic amines) is 1. The van der Waals surface area contributed by atoms with Crippen LogP contribution >= 0.6 is 0 Å². The SMILES string of the molecule is CC.CC1CCC(CN2CCN(CC3CCN(C)CC3)CC2)CC1. The zero-order valence-corrected chi connectivity index (χ0v) is 17.0. The molecule has 2 heterocycles. The highest BCUT2D eigenvalue weighted by Crippen LogP contribution is 2.29. The highest BCUT2D eigenvalue weighted by molar-refractivity contribution is 4.80. The van der Waals surface area contributed by atoms with E-state index in [4.69, 9.17) is 0 Å². The van der Waals surface area contributed by atoms with Crippen molar-refractivity contribution in [1.82, 2.24) is 14.7 Å². The van der Waals surface area contributed by atoms with Crippen LogP contribution < -0.4 is 0 Å². The molecule has 142 valence electrons. The van der Waals surface area contributed by atoms with E-state index in [1.54, 1.807) is 0 Å². The molecule has 0 spiro atoms. The van der Waals surface area contributed by atoms with Crippen molar-refractivity contribution in [2.75, 3.05) is 59.4 Å². The van der Waals surface area contributed by atoms with Crippen molar-refractivity contribution in [2.45, 2.75) is 59.3 Å². The van der Waals surface area contributed by atoms with Gasteiger partial charge in [0.25, 0.3) is 0 Å². The summed E-state index contributed by atoms with van der Waals surface area (Å²) in [7, 11) is 2.26. The summed E-state index contributed by atoms with van der Waals surface area (Å²) in [6.45, 7) is 17.1. The summed E-state index contributed by atoms with van der Waals surface area (Å²) in [5.41, 5.74) is 0. The van der Waals surface area contributed by atoms with Gasteiger partial charge in [0, 0.05) is 39.3 Å². The maximum absolute atomic E-state index is 2.76. The van der Waals surface area contributed by atoms with Gasteiger partial charge in [-0.05, 0) is 63.6 Å². The van der Waals surface area contributed by atoms with E-state index in [0.717, 1.165) is 17.8 Å². The van der Waals surface area contributed by atoms with E-state index in [0.29, 0.717) is 0 Å². The highest BCUT2D eigenvalue weighted by Gasteiger charge is 2.25. The molecule has 3 aliphatic rings. The van der Waals surface area contributed by atoms with Gasteiger partial charge in [-0.3, -0.25) is 0 Å². The van der Waals surface area contributed by atoms with Gasteiger partial charge in [-0.15, -0.1) is 0 Å². The molecular formula is C21H43N3. The first kappa shape index (κ1) is 20.2. The Bertz CT molecular complexity index is 277. The van der Waals surface area contributed by atoms with Crippen LogP contribution in [0.1, 0.15) is 59.3 Å². The first-order valence-electron chi connectivity index (χ1n) is 10.8. The molecule has 24 heavy (non-hydrogen) atoms. The zero-order valence-electron chi connectivity index (χ0n) is 17.0. The summed E-state index contributed by atoms with van der Waals surface area (Å²) in [6.07, 6.45) is 8.74. The average molecular weight is 338 g/mol. The molecule has 0 aromatic carbocycles. The lowest BCUT2D eigenvalue weighted by atomic mass is 9.83. The zero-order chi connectivity index (χ0) is 17.4. The standard InChI is InChI=1S/C19H37N3.C2H6/c1-17-3-5-18(6-4-17)15-21-11-13-22(14-12-21)16-19-7-9-20(2)10-8-19;1-2/h17-19H,3-16H2,1-2H3;1-2H3. The molecule has 1 aliphatic carbocycles. The largest absolute Gasteiger partial charge is 0.306 e. The number of hydrogen-bond donors (Lipinski definition) is 0. The van der Waals surface area contributed by atoms with E-state index in [1.165, 1.54) is 90.9 Å². The molecule has 0 aromatic heterocycles. The summed E-state index contributed by atoms with van der Waals surface area (Å²) < 4.78 is 0. The average Bonchev–Trinajstić information content (AvgIpc) is 2.62. The predicted octanol–water partition coefficient (Wildman–Crippen LogP) is 3.80. The minimum absolute atomic E-state index is 0.961. The Morgan fingerprint density at radius 3 is 1.50 bits per heavy atom. The molecule has 3 heteroatoms. The molecule has 0 atom stereocenters. The number of nitrogens with zero attached hydrogens (tertiary/aromatic N) is 3. The summed E-state index contributed by atoms with van der Waals surface area (Å²) in [6, 6.07) is 0. The van der Waals surface area contributed by atoms with Crippen LogP contribution in [0.25, 0.3) is 0 Å². The molecule has 2 saturated heterocycles. The molecule has 0 radical (unpaired) electrons. The normalized spacial score (nSPS) is 31.5. The van der Waals surface area contributed by atoms with Crippen molar-refractivity contribution in [3.63, 3.8) is 0 Å². The second kappa shape index (κ2) is 10.8. The Balaban J connectivity index is 0.00000100. The van der Waals surface area contributed by atoms with E-state index in [9.17, 15) is 0 Å². The van der Waals surface area contributed by atoms with Gasteiger partial charge in [-0.2, -0.15) is 0 Å². The van der Waals surface area contributed by atoms with Gasteiger partial charge < -0.3 is 14.7 Å². The molecule has 0 N–H and O–H groups in total. The third kappa shape index (κ3) is 6.65. The van der Waals surface area contributed by atoms with Gasteiger partial charge in [0.15, 0.2) is 0 Å². The fourth-order valence-electron chi connectivity index (χ4n) is 4.64. The van der Waals surface area contributed by atoms with Crippen LogP contribution in [0.4, 0.5) is 0 Å². The number of rotatable bonds is 4. The molecule has 0 aromatic rings. The summed E-state index contributed by atoms with van der Waals surface area (Å²) in [4.78, 5) is 7.99. The monoisotopic (exact) mass is 337 g/mol. The molecule has 0 unspecified atom stereocenters. The Labute approximate surface area is 151 Å². The first-order valence-corrected chi connectivity index (χ1v) is 10.8. The quantitative estimate of drug-likeness (QED) is 0.772. The van der Waals surface area contributed by atoms with Crippen molar-refractivity contribution in [1.29, 1.82) is 0 Å². The molecule has 3 rings (SSSR count). The highest BCUT2D eigenvalue weighted by atomic mass is 15.3. The van der Waals surface area contributed by atoms with Gasteiger partial charge in [0.2, 0.25) is 0 Å². The minimum atomic E-state index is 0.961.